The highest BCUT2D eigenvalue weighted by Crippen LogP contribution is 2.38. The summed E-state index contributed by atoms with van der Waals surface area (Å²) in [7, 11) is 1.62. The van der Waals surface area contributed by atoms with Crippen molar-refractivity contribution in [2.45, 2.75) is 0 Å². The van der Waals surface area contributed by atoms with Gasteiger partial charge < -0.3 is 9.72 Å². The average molecular weight is 343 g/mol. The molecule has 0 bridgehead atoms. The van der Waals surface area contributed by atoms with Crippen molar-refractivity contribution in [2.75, 3.05) is 7.11 Å². The Labute approximate surface area is 149 Å². The van der Waals surface area contributed by atoms with Gasteiger partial charge in [0.25, 0.3) is 0 Å². The maximum atomic E-state index is 13.4. The summed E-state index contributed by atoms with van der Waals surface area (Å²) in [4.78, 5) is 7.84. The van der Waals surface area contributed by atoms with E-state index in [-0.39, 0.29) is 5.82 Å². The van der Waals surface area contributed by atoms with Gasteiger partial charge in [-0.2, -0.15) is 5.26 Å². The number of halogens is 1. The predicted octanol–water partition coefficient (Wildman–Crippen LogP) is 4.92. The molecule has 0 aliphatic rings. The number of H-pyrrole nitrogens is 1. The first kappa shape index (κ1) is 15.9. The van der Waals surface area contributed by atoms with Crippen molar-refractivity contribution in [3.63, 3.8) is 0 Å². The third-order valence-electron chi connectivity index (χ3n) is 4.27. The lowest BCUT2D eigenvalue weighted by Crippen LogP contribution is -1.87. The Morgan fingerprint density at radius 3 is 2.31 bits per heavy atom. The Bertz CT molecular complexity index is 1120. The van der Waals surface area contributed by atoms with Gasteiger partial charge in [0.1, 0.15) is 23.3 Å². The van der Waals surface area contributed by atoms with Gasteiger partial charge in [-0.25, -0.2) is 9.37 Å². The molecule has 0 aliphatic carbocycles. The topological polar surface area (TPSA) is 61.7 Å². The number of nitriles is 1. The molecule has 5 heteroatoms. The number of hydrogen-bond donors (Lipinski definition) is 1. The van der Waals surface area contributed by atoms with Gasteiger partial charge in [-0.3, -0.25) is 0 Å². The predicted molar refractivity (Wildman–Crippen MR) is 98.2 cm³/mol. The van der Waals surface area contributed by atoms with Crippen molar-refractivity contribution in [3.8, 4) is 34.2 Å². The minimum Gasteiger partial charge on any atom is -0.497 e. The molecule has 0 aliphatic heterocycles. The number of rotatable bonds is 3. The monoisotopic (exact) mass is 343 g/mol. The van der Waals surface area contributed by atoms with Crippen LogP contribution >= 0.6 is 0 Å². The van der Waals surface area contributed by atoms with Gasteiger partial charge in [-0.1, -0.05) is 12.1 Å². The lowest BCUT2D eigenvalue weighted by atomic mass is 10.0. The van der Waals surface area contributed by atoms with Crippen LogP contribution < -0.4 is 4.74 Å². The number of nitrogens with one attached hydrogen (secondary N) is 1. The zero-order valence-corrected chi connectivity index (χ0v) is 14.0. The first-order chi connectivity index (χ1) is 12.7. The van der Waals surface area contributed by atoms with E-state index in [0.29, 0.717) is 11.2 Å². The fraction of sp³-hybridized carbons (Fsp3) is 0.0476. The number of nitrogens with zero attached hydrogens (tertiary/aromatic N) is 2. The van der Waals surface area contributed by atoms with Gasteiger partial charge in [0.2, 0.25) is 0 Å². The van der Waals surface area contributed by atoms with E-state index < -0.39 is 0 Å². The van der Waals surface area contributed by atoms with E-state index in [1.165, 1.54) is 12.1 Å². The number of hydrogen-bond acceptors (Lipinski definition) is 3. The van der Waals surface area contributed by atoms with Crippen molar-refractivity contribution in [1.82, 2.24) is 9.97 Å². The largest absolute Gasteiger partial charge is 0.497 e. The molecule has 26 heavy (non-hydrogen) atoms. The van der Waals surface area contributed by atoms with Gasteiger partial charge in [0, 0.05) is 5.56 Å². The number of ether oxygens (including phenoxy) is 1. The summed E-state index contributed by atoms with van der Waals surface area (Å²) < 4.78 is 18.6. The summed E-state index contributed by atoms with van der Waals surface area (Å²) in [5.74, 6) is 0.461. The van der Waals surface area contributed by atoms with Crippen molar-refractivity contribution in [3.05, 3.63) is 72.2 Å². The molecule has 2 aromatic heterocycles. The van der Waals surface area contributed by atoms with Crippen LogP contribution in [0.2, 0.25) is 0 Å². The van der Waals surface area contributed by atoms with Crippen LogP contribution in [0.4, 0.5) is 4.39 Å². The summed E-state index contributed by atoms with van der Waals surface area (Å²) in [5.41, 5.74) is 5.29. The Balaban J connectivity index is 2.00. The molecule has 4 aromatic rings. The third kappa shape index (κ3) is 2.68. The Hall–Kier alpha value is -3.65. The number of benzene rings is 2. The lowest BCUT2D eigenvalue weighted by Gasteiger charge is -2.06. The molecule has 0 spiro atoms. The second kappa shape index (κ2) is 6.34. The molecule has 0 amide bonds. The quantitative estimate of drug-likeness (QED) is 0.574. The molecule has 0 fully saturated rings. The smallest absolute Gasteiger partial charge is 0.141 e. The molecule has 4 rings (SSSR count). The standard InChI is InChI=1S/C21H14FN3O/c1-26-17-9-4-14(5-10-17)20-19(13-2-6-15(22)7-3-13)21-18(25-20)11-8-16(12-23)24-21/h2-11,25H,1H3. The molecule has 4 nitrogen and oxygen atoms in total. The average Bonchev–Trinajstić information content (AvgIpc) is 3.07. The molecule has 126 valence electrons. The summed E-state index contributed by atoms with van der Waals surface area (Å²) in [6, 6.07) is 19.5. The van der Waals surface area contributed by atoms with Crippen molar-refractivity contribution >= 4 is 11.0 Å². The SMILES string of the molecule is COc1ccc(-c2[nH]c3ccc(C#N)nc3c2-c2ccc(F)cc2)cc1. The van der Waals surface area contributed by atoms with Crippen LogP contribution in [0.1, 0.15) is 5.69 Å². The molecule has 2 heterocycles. The fourth-order valence-corrected chi connectivity index (χ4v) is 3.00. The summed E-state index contributed by atoms with van der Waals surface area (Å²) in [5, 5.41) is 9.19. The number of pyridine rings is 1. The molecule has 1 N–H and O–H groups in total. The van der Waals surface area contributed by atoms with Gasteiger partial charge in [0.15, 0.2) is 0 Å². The van der Waals surface area contributed by atoms with E-state index in [1.807, 2.05) is 30.3 Å². The van der Waals surface area contributed by atoms with Crippen LogP contribution in [-0.2, 0) is 0 Å². The fourth-order valence-electron chi connectivity index (χ4n) is 3.00. The molecule has 2 aromatic carbocycles. The lowest BCUT2D eigenvalue weighted by molar-refractivity contribution is 0.415. The van der Waals surface area contributed by atoms with Crippen LogP contribution in [0.3, 0.4) is 0 Å². The number of aromatic nitrogens is 2. The van der Waals surface area contributed by atoms with E-state index in [0.717, 1.165) is 33.7 Å². The van der Waals surface area contributed by atoms with Crippen LogP contribution in [0.15, 0.2) is 60.7 Å². The van der Waals surface area contributed by atoms with E-state index in [2.05, 4.69) is 16.0 Å². The van der Waals surface area contributed by atoms with Gasteiger partial charge in [-0.05, 0) is 59.7 Å². The van der Waals surface area contributed by atoms with Gasteiger partial charge in [-0.15, -0.1) is 0 Å². The molecule has 0 unspecified atom stereocenters. The maximum Gasteiger partial charge on any atom is 0.141 e. The highest BCUT2D eigenvalue weighted by Gasteiger charge is 2.17. The van der Waals surface area contributed by atoms with Crippen LogP contribution in [0.25, 0.3) is 33.4 Å². The van der Waals surface area contributed by atoms with E-state index in [9.17, 15) is 9.65 Å². The van der Waals surface area contributed by atoms with Crippen molar-refractivity contribution < 1.29 is 9.13 Å². The van der Waals surface area contributed by atoms with Crippen LogP contribution in [-0.4, -0.2) is 17.1 Å². The van der Waals surface area contributed by atoms with E-state index in [1.54, 1.807) is 25.3 Å². The molecular formula is C21H14FN3O. The highest BCUT2D eigenvalue weighted by molar-refractivity contribution is 6.01. The molecule has 0 saturated heterocycles. The number of aromatic amines is 1. The summed E-state index contributed by atoms with van der Waals surface area (Å²) in [6.45, 7) is 0. The Kier molecular flexibility index (Phi) is 3.86. The number of fused-ring (bicyclic) bond motifs is 1. The second-order valence-electron chi connectivity index (χ2n) is 5.81. The van der Waals surface area contributed by atoms with Gasteiger partial charge in [0.05, 0.1) is 23.8 Å². The van der Waals surface area contributed by atoms with Crippen LogP contribution in [0, 0.1) is 17.1 Å². The first-order valence-corrected chi connectivity index (χ1v) is 8.03. The minimum absolute atomic E-state index is 0.301. The van der Waals surface area contributed by atoms with Crippen LogP contribution in [0.5, 0.6) is 5.75 Å². The Morgan fingerprint density at radius 2 is 1.65 bits per heavy atom. The summed E-state index contributed by atoms with van der Waals surface area (Å²) in [6.07, 6.45) is 0. The first-order valence-electron chi connectivity index (χ1n) is 8.03. The molecule has 0 atom stereocenters. The minimum atomic E-state index is -0.301. The zero-order valence-electron chi connectivity index (χ0n) is 14.0. The molecule has 0 saturated carbocycles. The molecular weight excluding hydrogens is 329 g/mol. The number of methoxy groups -OCH3 is 1. The summed E-state index contributed by atoms with van der Waals surface area (Å²) >= 11 is 0. The van der Waals surface area contributed by atoms with Gasteiger partial charge >= 0.3 is 0 Å². The zero-order chi connectivity index (χ0) is 18.1. The van der Waals surface area contributed by atoms with Crippen molar-refractivity contribution in [1.29, 1.82) is 5.26 Å². The van der Waals surface area contributed by atoms with E-state index >= 15 is 0 Å². The Morgan fingerprint density at radius 1 is 0.962 bits per heavy atom. The van der Waals surface area contributed by atoms with E-state index in [4.69, 9.17) is 4.74 Å². The third-order valence-corrected chi connectivity index (χ3v) is 4.27. The molecule has 0 radical (unpaired) electrons. The highest BCUT2D eigenvalue weighted by atomic mass is 19.1. The van der Waals surface area contributed by atoms with Crippen molar-refractivity contribution in [2.24, 2.45) is 0 Å². The maximum absolute atomic E-state index is 13.4. The normalized spacial score (nSPS) is 10.7. The second-order valence-corrected chi connectivity index (χ2v) is 5.81.